The lowest BCUT2D eigenvalue weighted by molar-refractivity contribution is 1.08. The van der Waals surface area contributed by atoms with Gasteiger partial charge in [0.2, 0.25) is 0 Å². The van der Waals surface area contributed by atoms with Crippen molar-refractivity contribution in [3.63, 3.8) is 0 Å². The molecule has 224 valence electrons. The molecule has 3 heteroatoms. The molecule has 0 saturated carbocycles. The molecule has 9 rings (SSSR count). The Morgan fingerprint density at radius 2 is 0.771 bits per heavy atom. The quantitative estimate of drug-likeness (QED) is 0.194. The van der Waals surface area contributed by atoms with Crippen molar-refractivity contribution in [2.24, 2.45) is 0 Å². The lowest BCUT2D eigenvalue weighted by Crippen LogP contribution is -2.00. The molecule has 0 aliphatic carbocycles. The van der Waals surface area contributed by atoms with Gasteiger partial charge in [-0.25, -0.2) is 15.0 Å². The van der Waals surface area contributed by atoms with E-state index in [0.29, 0.717) is 17.5 Å². The van der Waals surface area contributed by atoms with E-state index in [1.54, 1.807) is 0 Å². The van der Waals surface area contributed by atoms with Crippen LogP contribution < -0.4 is 0 Å². The maximum atomic E-state index is 5.11. The predicted octanol–water partition coefficient (Wildman–Crippen LogP) is 11.7. The summed E-state index contributed by atoms with van der Waals surface area (Å²) in [5.41, 5.74) is 7.70. The van der Waals surface area contributed by atoms with E-state index in [1.165, 1.54) is 38.4 Å². The lowest BCUT2D eigenvalue weighted by Gasteiger charge is -2.12. The van der Waals surface area contributed by atoms with Crippen molar-refractivity contribution in [1.29, 1.82) is 0 Å². The monoisotopic (exact) mass is 611 g/mol. The molecule has 0 saturated heterocycles. The first kappa shape index (κ1) is 27.8. The summed E-state index contributed by atoms with van der Waals surface area (Å²) in [6, 6.07) is 61.8. The van der Waals surface area contributed by atoms with E-state index in [2.05, 4.69) is 140 Å². The molecule has 0 amide bonds. The highest BCUT2D eigenvalue weighted by Crippen LogP contribution is 2.35. The molecule has 3 nitrogen and oxygen atoms in total. The molecular weight excluding hydrogens is 583 g/mol. The Morgan fingerprint density at radius 3 is 1.56 bits per heavy atom. The molecule has 0 aliphatic heterocycles. The van der Waals surface area contributed by atoms with E-state index in [9.17, 15) is 0 Å². The minimum absolute atomic E-state index is 0.650. The van der Waals surface area contributed by atoms with Crippen LogP contribution in [0.2, 0.25) is 0 Å². The van der Waals surface area contributed by atoms with Crippen molar-refractivity contribution < 1.29 is 0 Å². The summed E-state index contributed by atoms with van der Waals surface area (Å²) >= 11 is 0. The molecule has 0 aliphatic rings. The zero-order valence-corrected chi connectivity index (χ0v) is 26.1. The maximum absolute atomic E-state index is 5.11. The second-order valence-electron chi connectivity index (χ2n) is 12.1. The fourth-order valence-corrected chi connectivity index (χ4v) is 6.66. The van der Waals surface area contributed by atoms with Crippen LogP contribution in [0.4, 0.5) is 0 Å². The first-order valence-electron chi connectivity index (χ1n) is 16.2. The molecule has 0 atom stereocenters. The van der Waals surface area contributed by atoms with Crippen LogP contribution in [0.1, 0.15) is 0 Å². The minimum Gasteiger partial charge on any atom is -0.208 e. The van der Waals surface area contributed by atoms with Crippen molar-refractivity contribution in [2.45, 2.75) is 0 Å². The molecule has 0 unspecified atom stereocenters. The average Bonchev–Trinajstić information content (AvgIpc) is 3.17. The molecule has 1 heterocycles. The number of hydrogen-bond acceptors (Lipinski definition) is 3. The van der Waals surface area contributed by atoms with Crippen molar-refractivity contribution in [1.82, 2.24) is 15.0 Å². The van der Waals surface area contributed by atoms with E-state index in [0.717, 1.165) is 32.8 Å². The number of hydrogen-bond donors (Lipinski definition) is 0. The van der Waals surface area contributed by atoms with Gasteiger partial charge >= 0.3 is 0 Å². The largest absolute Gasteiger partial charge is 0.208 e. The first-order valence-corrected chi connectivity index (χ1v) is 16.2. The summed E-state index contributed by atoms with van der Waals surface area (Å²) < 4.78 is 0. The Morgan fingerprint density at radius 1 is 0.250 bits per heavy atom. The summed E-state index contributed by atoms with van der Waals surface area (Å²) in [5, 5.41) is 7.06. The van der Waals surface area contributed by atoms with Crippen LogP contribution in [0, 0.1) is 0 Å². The second kappa shape index (κ2) is 11.7. The number of aromatic nitrogens is 3. The predicted molar refractivity (Wildman–Crippen MR) is 200 cm³/mol. The molecular formula is C45H29N3. The van der Waals surface area contributed by atoms with Gasteiger partial charge in [-0.1, -0.05) is 158 Å². The highest BCUT2D eigenvalue weighted by atomic mass is 15.0. The van der Waals surface area contributed by atoms with Crippen molar-refractivity contribution in [3.8, 4) is 56.4 Å². The summed E-state index contributed by atoms with van der Waals surface area (Å²) in [6.07, 6.45) is 0. The Kier molecular flexibility index (Phi) is 6.80. The molecule has 0 N–H and O–H groups in total. The van der Waals surface area contributed by atoms with Gasteiger partial charge in [-0.3, -0.25) is 0 Å². The average molecular weight is 612 g/mol. The molecule has 0 fully saturated rings. The zero-order valence-electron chi connectivity index (χ0n) is 26.1. The molecule has 8 aromatic carbocycles. The van der Waals surface area contributed by atoms with Gasteiger partial charge in [0.25, 0.3) is 0 Å². The van der Waals surface area contributed by atoms with Crippen LogP contribution in [0.15, 0.2) is 176 Å². The van der Waals surface area contributed by atoms with Crippen molar-refractivity contribution in [2.75, 3.05) is 0 Å². The van der Waals surface area contributed by atoms with Crippen LogP contribution in [0.5, 0.6) is 0 Å². The van der Waals surface area contributed by atoms with Crippen LogP contribution in [-0.4, -0.2) is 15.0 Å². The van der Waals surface area contributed by atoms with Crippen molar-refractivity contribution >= 4 is 32.3 Å². The van der Waals surface area contributed by atoms with Gasteiger partial charge in [0.1, 0.15) is 0 Å². The fourth-order valence-electron chi connectivity index (χ4n) is 6.66. The van der Waals surface area contributed by atoms with Gasteiger partial charge in [-0.2, -0.15) is 0 Å². The molecule has 0 spiro atoms. The van der Waals surface area contributed by atoms with E-state index in [1.807, 2.05) is 36.4 Å². The molecule has 48 heavy (non-hydrogen) atoms. The van der Waals surface area contributed by atoms with E-state index in [4.69, 9.17) is 15.0 Å². The number of nitrogens with zero attached hydrogens (tertiary/aromatic N) is 3. The van der Waals surface area contributed by atoms with E-state index in [-0.39, 0.29) is 0 Å². The first-order chi connectivity index (χ1) is 23.8. The summed E-state index contributed by atoms with van der Waals surface area (Å²) in [7, 11) is 0. The third-order valence-corrected chi connectivity index (χ3v) is 9.09. The fraction of sp³-hybridized carbons (Fsp3) is 0. The zero-order chi connectivity index (χ0) is 31.9. The smallest absolute Gasteiger partial charge is 0.164 e. The Bertz CT molecular complexity index is 2600. The number of fused-ring (bicyclic) bond motifs is 3. The summed E-state index contributed by atoms with van der Waals surface area (Å²) in [4.78, 5) is 15.2. The van der Waals surface area contributed by atoms with E-state index >= 15 is 0 Å². The highest BCUT2D eigenvalue weighted by Gasteiger charge is 2.15. The highest BCUT2D eigenvalue weighted by molar-refractivity contribution is 6.00. The van der Waals surface area contributed by atoms with Gasteiger partial charge in [0, 0.05) is 16.7 Å². The van der Waals surface area contributed by atoms with Crippen LogP contribution in [0.3, 0.4) is 0 Å². The Labute approximate surface area is 278 Å². The summed E-state index contributed by atoms with van der Waals surface area (Å²) in [6.45, 7) is 0. The van der Waals surface area contributed by atoms with E-state index < -0.39 is 0 Å². The minimum atomic E-state index is 0.650. The molecule has 1 aromatic heterocycles. The second-order valence-corrected chi connectivity index (χ2v) is 12.1. The van der Waals surface area contributed by atoms with Crippen molar-refractivity contribution in [3.05, 3.63) is 176 Å². The van der Waals surface area contributed by atoms with Gasteiger partial charge in [-0.05, 0) is 72.8 Å². The van der Waals surface area contributed by atoms with Gasteiger partial charge in [-0.15, -0.1) is 0 Å². The standard InChI is InChI=1S/C45H29N3/c1-3-11-30(12-4-1)33-25-26-41-36(27-33)17-10-20-42(41)45-47-43(32-14-5-2-6-15-32)46-44(48-45)38-24-22-34-28-37(23-21-35(34)29-38)40-19-9-16-31-13-7-8-18-39(31)40/h1-29H. The van der Waals surface area contributed by atoms with Crippen LogP contribution in [-0.2, 0) is 0 Å². The third kappa shape index (κ3) is 5.08. The summed E-state index contributed by atoms with van der Waals surface area (Å²) in [5.74, 6) is 1.96. The Hall–Kier alpha value is -6.45. The topological polar surface area (TPSA) is 38.7 Å². The molecule has 0 radical (unpaired) electrons. The third-order valence-electron chi connectivity index (χ3n) is 9.09. The van der Waals surface area contributed by atoms with Gasteiger partial charge in [0.05, 0.1) is 0 Å². The maximum Gasteiger partial charge on any atom is 0.164 e. The van der Waals surface area contributed by atoms with Gasteiger partial charge in [0.15, 0.2) is 17.5 Å². The number of benzene rings is 8. The SMILES string of the molecule is c1ccc(-c2ccc3c(-c4nc(-c5ccccc5)nc(-c5ccc6cc(-c7cccc8ccccc78)ccc6c5)n4)cccc3c2)cc1. The molecule has 0 bridgehead atoms. The lowest BCUT2D eigenvalue weighted by atomic mass is 9.95. The molecule has 9 aromatic rings. The normalized spacial score (nSPS) is 11.3. The Balaban J connectivity index is 1.16. The van der Waals surface area contributed by atoms with Crippen LogP contribution >= 0.6 is 0 Å². The van der Waals surface area contributed by atoms with Gasteiger partial charge < -0.3 is 0 Å². The van der Waals surface area contributed by atoms with Crippen LogP contribution in [0.25, 0.3) is 88.7 Å². The number of rotatable bonds is 5.